The Morgan fingerprint density at radius 2 is 1.67 bits per heavy atom. The van der Waals surface area contributed by atoms with Crippen molar-refractivity contribution >= 4 is 33.2 Å². The van der Waals surface area contributed by atoms with Crippen LogP contribution in [0.3, 0.4) is 0 Å². The van der Waals surface area contributed by atoms with E-state index in [4.69, 9.17) is 16.3 Å². The van der Waals surface area contributed by atoms with Crippen LogP contribution in [0.2, 0.25) is 5.02 Å². The van der Waals surface area contributed by atoms with E-state index < -0.39 is 10.0 Å². The molecule has 1 heterocycles. The second-order valence-corrected chi connectivity index (χ2v) is 9.46. The van der Waals surface area contributed by atoms with Crippen molar-refractivity contribution in [2.24, 2.45) is 0 Å². The van der Waals surface area contributed by atoms with E-state index in [-0.39, 0.29) is 17.3 Å². The Labute approximate surface area is 183 Å². The number of para-hydroxylation sites is 2. The Hall–Kier alpha value is -2.25. The normalized spacial score (nSPS) is 14.8. The minimum absolute atomic E-state index is 0.0712. The number of rotatable bonds is 7. The molecular weight excluding hydrogens is 424 g/mol. The smallest absolute Gasteiger partial charge is 0.264 e. The molecular formula is C22H27ClN2O4S. The number of nitrogens with zero attached hydrogens (tertiary/aromatic N) is 2. The van der Waals surface area contributed by atoms with Gasteiger partial charge in [0, 0.05) is 18.1 Å². The van der Waals surface area contributed by atoms with Crippen molar-refractivity contribution in [3.8, 4) is 5.75 Å². The molecule has 0 radical (unpaired) electrons. The second-order valence-electron chi connectivity index (χ2n) is 7.16. The summed E-state index contributed by atoms with van der Waals surface area (Å²) in [6.45, 7) is 3.24. The van der Waals surface area contributed by atoms with Gasteiger partial charge in [0.1, 0.15) is 12.3 Å². The number of carbonyl (C=O) groups excluding carboxylic acids is 1. The van der Waals surface area contributed by atoms with Gasteiger partial charge in [-0.05, 0) is 56.2 Å². The zero-order valence-electron chi connectivity index (χ0n) is 17.1. The van der Waals surface area contributed by atoms with Crippen LogP contribution in [-0.4, -0.2) is 45.5 Å². The minimum atomic E-state index is -4.01. The summed E-state index contributed by atoms with van der Waals surface area (Å²) in [6, 6.07) is 12.8. The quantitative estimate of drug-likeness (QED) is 0.629. The van der Waals surface area contributed by atoms with Gasteiger partial charge in [-0.15, -0.1) is 0 Å². The van der Waals surface area contributed by atoms with Crippen molar-refractivity contribution in [2.75, 3.05) is 30.5 Å². The van der Waals surface area contributed by atoms with E-state index in [0.717, 1.165) is 30.0 Å². The largest absolute Gasteiger partial charge is 0.492 e. The molecule has 30 heavy (non-hydrogen) atoms. The van der Waals surface area contributed by atoms with Crippen LogP contribution < -0.4 is 9.04 Å². The van der Waals surface area contributed by atoms with Gasteiger partial charge < -0.3 is 9.64 Å². The Bertz CT molecular complexity index is 955. The molecule has 0 N–H and O–H groups in total. The molecule has 1 fully saturated rings. The maximum atomic E-state index is 13.5. The number of sulfonamides is 1. The highest BCUT2D eigenvalue weighted by Gasteiger charge is 2.31. The van der Waals surface area contributed by atoms with Crippen LogP contribution in [0.1, 0.15) is 32.6 Å². The molecule has 0 atom stereocenters. The van der Waals surface area contributed by atoms with Crippen molar-refractivity contribution in [1.29, 1.82) is 0 Å². The Kier molecular flexibility index (Phi) is 7.61. The van der Waals surface area contributed by atoms with Gasteiger partial charge in [-0.2, -0.15) is 0 Å². The average Bonchev–Trinajstić information content (AvgIpc) is 3.03. The lowest BCUT2D eigenvalue weighted by Gasteiger charge is -2.29. The van der Waals surface area contributed by atoms with Crippen molar-refractivity contribution < 1.29 is 17.9 Å². The zero-order chi connectivity index (χ0) is 21.6. The fourth-order valence-corrected chi connectivity index (χ4v) is 5.07. The first kappa shape index (κ1) is 22.4. The van der Waals surface area contributed by atoms with Crippen molar-refractivity contribution in [1.82, 2.24) is 4.90 Å². The number of ether oxygens (including phenoxy) is 1. The predicted molar refractivity (Wildman–Crippen MR) is 119 cm³/mol. The average molecular weight is 451 g/mol. The highest BCUT2D eigenvalue weighted by Crippen LogP contribution is 2.33. The molecule has 8 heteroatoms. The van der Waals surface area contributed by atoms with Crippen molar-refractivity contribution in [3.05, 3.63) is 53.6 Å². The van der Waals surface area contributed by atoms with E-state index in [1.807, 2.05) is 6.92 Å². The molecule has 0 bridgehead atoms. The van der Waals surface area contributed by atoms with Crippen LogP contribution in [0, 0.1) is 0 Å². The standard InChI is InChI=1S/C22H27ClN2O4S/c1-2-29-21-10-6-5-9-20(21)25(17-22(26)24-15-7-3-4-8-16-24)30(27,28)19-13-11-18(23)12-14-19/h5-6,9-14H,2-4,7-8,15-17H2,1H3. The molecule has 3 rings (SSSR count). The monoisotopic (exact) mass is 450 g/mol. The SMILES string of the molecule is CCOc1ccccc1N(CC(=O)N1CCCCCC1)S(=O)(=O)c1ccc(Cl)cc1. The number of anilines is 1. The van der Waals surface area contributed by atoms with E-state index in [0.29, 0.717) is 36.2 Å². The van der Waals surface area contributed by atoms with E-state index in [2.05, 4.69) is 0 Å². The van der Waals surface area contributed by atoms with Gasteiger partial charge >= 0.3 is 0 Å². The number of halogens is 1. The molecule has 1 saturated heterocycles. The summed E-state index contributed by atoms with van der Waals surface area (Å²) in [5, 5.41) is 0.441. The van der Waals surface area contributed by atoms with Gasteiger partial charge in [-0.1, -0.05) is 36.6 Å². The fraction of sp³-hybridized carbons (Fsp3) is 0.409. The van der Waals surface area contributed by atoms with Gasteiger partial charge in [-0.3, -0.25) is 9.10 Å². The highest BCUT2D eigenvalue weighted by atomic mass is 35.5. The first-order chi connectivity index (χ1) is 14.4. The van der Waals surface area contributed by atoms with Crippen LogP contribution in [0.15, 0.2) is 53.4 Å². The van der Waals surface area contributed by atoms with Gasteiger partial charge in [-0.25, -0.2) is 8.42 Å². The predicted octanol–water partition coefficient (Wildman–Crippen LogP) is 4.34. The third-order valence-electron chi connectivity index (χ3n) is 5.07. The summed E-state index contributed by atoms with van der Waals surface area (Å²) in [4.78, 5) is 14.9. The Balaban J connectivity index is 2.00. The van der Waals surface area contributed by atoms with Crippen molar-refractivity contribution in [2.45, 2.75) is 37.5 Å². The second kappa shape index (κ2) is 10.2. The summed E-state index contributed by atoms with van der Waals surface area (Å²) in [7, 11) is -4.01. The van der Waals surface area contributed by atoms with Crippen LogP contribution >= 0.6 is 11.6 Å². The van der Waals surface area contributed by atoms with Crippen molar-refractivity contribution in [3.63, 3.8) is 0 Å². The maximum Gasteiger partial charge on any atom is 0.264 e. The number of likely N-dealkylation sites (tertiary alicyclic amines) is 1. The van der Waals surface area contributed by atoms with Crippen LogP contribution in [0.25, 0.3) is 0 Å². The lowest BCUT2D eigenvalue weighted by Crippen LogP contribution is -2.43. The number of amides is 1. The molecule has 0 saturated carbocycles. The summed E-state index contributed by atoms with van der Waals surface area (Å²) in [5.74, 6) is 0.210. The lowest BCUT2D eigenvalue weighted by molar-refractivity contribution is -0.129. The summed E-state index contributed by atoms with van der Waals surface area (Å²) >= 11 is 5.94. The molecule has 0 unspecified atom stereocenters. The van der Waals surface area contributed by atoms with E-state index in [9.17, 15) is 13.2 Å². The first-order valence-corrected chi connectivity index (χ1v) is 12.0. The first-order valence-electron chi connectivity index (χ1n) is 10.2. The topological polar surface area (TPSA) is 66.9 Å². The molecule has 0 aromatic heterocycles. The summed E-state index contributed by atoms with van der Waals surface area (Å²) in [5.41, 5.74) is 0.345. The molecule has 1 aliphatic rings. The zero-order valence-corrected chi connectivity index (χ0v) is 18.7. The molecule has 162 valence electrons. The lowest BCUT2D eigenvalue weighted by atomic mass is 10.2. The number of hydrogen-bond donors (Lipinski definition) is 0. The fourth-order valence-electron chi connectivity index (χ4n) is 3.52. The summed E-state index contributed by atoms with van der Waals surface area (Å²) in [6.07, 6.45) is 4.05. The van der Waals surface area contributed by atoms with E-state index in [1.165, 1.54) is 24.3 Å². The van der Waals surface area contributed by atoms with Gasteiger partial charge in [0.25, 0.3) is 10.0 Å². The van der Waals surface area contributed by atoms with Gasteiger partial charge in [0.05, 0.1) is 17.2 Å². The molecule has 2 aromatic carbocycles. The van der Waals surface area contributed by atoms with E-state index in [1.54, 1.807) is 29.2 Å². The molecule has 1 aliphatic heterocycles. The molecule has 6 nitrogen and oxygen atoms in total. The van der Waals surface area contributed by atoms with Crippen LogP contribution in [0.5, 0.6) is 5.75 Å². The Morgan fingerprint density at radius 1 is 1.03 bits per heavy atom. The Morgan fingerprint density at radius 3 is 2.30 bits per heavy atom. The number of hydrogen-bond acceptors (Lipinski definition) is 4. The van der Waals surface area contributed by atoms with Crippen LogP contribution in [0.4, 0.5) is 5.69 Å². The highest BCUT2D eigenvalue weighted by molar-refractivity contribution is 7.92. The molecule has 1 amide bonds. The summed E-state index contributed by atoms with van der Waals surface area (Å²) < 4.78 is 33.9. The number of benzene rings is 2. The maximum absolute atomic E-state index is 13.5. The third-order valence-corrected chi connectivity index (χ3v) is 7.10. The molecule has 0 spiro atoms. The minimum Gasteiger partial charge on any atom is -0.492 e. The van der Waals surface area contributed by atoms with Gasteiger partial charge in [0.15, 0.2) is 0 Å². The number of carbonyl (C=O) groups is 1. The molecule has 2 aromatic rings. The van der Waals surface area contributed by atoms with Crippen LogP contribution in [-0.2, 0) is 14.8 Å². The van der Waals surface area contributed by atoms with Gasteiger partial charge in [0.2, 0.25) is 5.91 Å². The van der Waals surface area contributed by atoms with E-state index >= 15 is 0 Å². The molecule has 0 aliphatic carbocycles. The third kappa shape index (κ3) is 5.26.